The summed E-state index contributed by atoms with van der Waals surface area (Å²) in [6, 6.07) is 14.5. The molecule has 0 aliphatic rings. The number of methoxy groups -OCH3 is 2. The van der Waals surface area contributed by atoms with E-state index in [9.17, 15) is 4.79 Å². The zero-order valence-corrected chi connectivity index (χ0v) is 14.7. The molecule has 25 heavy (non-hydrogen) atoms. The van der Waals surface area contributed by atoms with Gasteiger partial charge < -0.3 is 14.2 Å². The van der Waals surface area contributed by atoms with E-state index in [0.29, 0.717) is 22.8 Å². The van der Waals surface area contributed by atoms with Gasteiger partial charge in [-0.1, -0.05) is 24.3 Å². The normalized spacial score (nSPS) is 10.3. The number of ether oxygens (including phenoxy) is 3. The molecule has 0 spiro atoms. The molecule has 0 radical (unpaired) electrons. The Morgan fingerprint density at radius 2 is 1.84 bits per heavy atom. The third-order valence-corrected chi connectivity index (χ3v) is 4.47. The summed E-state index contributed by atoms with van der Waals surface area (Å²) in [5, 5.41) is 2.65. The van der Waals surface area contributed by atoms with Gasteiger partial charge in [0.25, 0.3) is 0 Å². The topological polar surface area (TPSA) is 57.7 Å². The average Bonchev–Trinajstić information content (AvgIpc) is 3.14. The fourth-order valence-corrected chi connectivity index (χ4v) is 3.18. The number of carbonyl (C=O) groups is 1. The lowest BCUT2D eigenvalue weighted by Crippen LogP contribution is -2.05. The highest BCUT2D eigenvalue weighted by molar-refractivity contribution is 7.13. The minimum atomic E-state index is -0.367. The molecule has 0 atom stereocenters. The molecule has 0 bridgehead atoms. The van der Waals surface area contributed by atoms with Gasteiger partial charge in [0.05, 0.1) is 31.0 Å². The van der Waals surface area contributed by atoms with E-state index in [1.54, 1.807) is 38.5 Å². The molecule has 1 heterocycles. The summed E-state index contributed by atoms with van der Waals surface area (Å²) in [4.78, 5) is 16.5. The Morgan fingerprint density at radius 1 is 1.04 bits per heavy atom. The number of aromatic nitrogens is 1. The smallest absolute Gasteiger partial charge is 0.338 e. The predicted octanol–water partition coefficient (Wildman–Crippen LogP) is 4.18. The summed E-state index contributed by atoms with van der Waals surface area (Å²) in [5.41, 5.74) is 2.05. The van der Waals surface area contributed by atoms with Gasteiger partial charge in [-0.2, -0.15) is 0 Å². The van der Waals surface area contributed by atoms with Gasteiger partial charge in [-0.15, -0.1) is 11.3 Å². The molecule has 3 rings (SSSR count). The quantitative estimate of drug-likeness (QED) is 0.621. The molecule has 5 nitrogen and oxygen atoms in total. The van der Waals surface area contributed by atoms with Gasteiger partial charge >= 0.3 is 5.97 Å². The van der Waals surface area contributed by atoms with E-state index in [4.69, 9.17) is 14.2 Å². The van der Waals surface area contributed by atoms with Crippen molar-refractivity contribution in [3.05, 3.63) is 65.2 Å². The van der Waals surface area contributed by atoms with Crippen molar-refractivity contribution in [1.82, 2.24) is 4.98 Å². The molecular formula is C19H17NO4S. The molecule has 0 unspecified atom stereocenters. The Kier molecular flexibility index (Phi) is 5.30. The van der Waals surface area contributed by atoms with Crippen LogP contribution in [-0.4, -0.2) is 25.2 Å². The minimum Gasteiger partial charge on any atom is -0.493 e. The molecular weight excluding hydrogens is 338 g/mol. The van der Waals surface area contributed by atoms with Crippen LogP contribution in [0, 0.1) is 0 Å². The van der Waals surface area contributed by atoms with Crippen LogP contribution in [0.4, 0.5) is 0 Å². The van der Waals surface area contributed by atoms with Crippen LogP contribution in [0.2, 0.25) is 0 Å². The summed E-state index contributed by atoms with van der Waals surface area (Å²) < 4.78 is 16.1. The highest BCUT2D eigenvalue weighted by Crippen LogP contribution is 2.38. The predicted molar refractivity (Wildman–Crippen MR) is 96.2 cm³/mol. The standard InChI is InChI=1S/C19H17NO4S/c1-22-16-10-6-9-15(17(16)23-2)18-20-14(12-25-18)11-24-19(21)13-7-4-3-5-8-13/h3-10,12H,11H2,1-2H3. The van der Waals surface area contributed by atoms with Gasteiger partial charge in [0.15, 0.2) is 11.5 Å². The molecule has 2 aromatic carbocycles. The Hall–Kier alpha value is -2.86. The number of rotatable bonds is 6. The molecule has 1 aromatic heterocycles. The molecule has 0 aliphatic heterocycles. The second-order valence-electron chi connectivity index (χ2n) is 5.13. The summed E-state index contributed by atoms with van der Waals surface area (Å²) in [5.74, 6) is 0.911. The van der Waals surface area contributed by atoms with Gasteiger partial charge in [0.1, 0.15) is 11.6 Å². The van der Waals surface area contributed by atoms with Gasteiger partial charge in [-0.25, -0.2) is 9.78 Å². The number of hydrogen-bond acceptors (Lipinski definition) is 6. The van der Waals surface area contributed by atoms with Crippen molar-refractivity contribution in [2.24, 2.45) is 0 Å². The van der Waals surface area contributed by atoms with Crippen LogP contribution in [-0.2, 0) is 11.3 Å². The maximum atomic E-state index is 12.0. The molecule has 128 valence electrons. The van der Waals surface area contributed by atoms with Crippen LogP contribution >= 0.6 is 11.3 Å². The number of nitrogens with zero attached hydrogens (tertiary/aromatic N) is 1. The van der Waals surface area contributed by atoms with E-state index in [2.05, 4.69) is 4.98 Å². The van der Waals surface area contributed by atoms with Crippen molar-refractivity contribution in [2.75, 3.05) is 14.2 Å². The first kappa shape index (κ1) is 17.0. The highest BCUT2D eigenvalue weighted by atomic mass is 32.1. The van der Waals surface area contributed by atoms with E-state index < -0.39 is 0 Å². The number of para-hydroxylation sites is 1. The largest absolute Gasteiger partial charge is 0.493 e. The van der Waals surface area contributed by atoms with Crippen molar-refractivity contribution in [1.29, 1.82) is 0 Å². The Morgan fingerprint density at radius 3 is 2.56 bits per heavy atom. The number of carbonyl (C=O) groups excluding carboxylic acids is 1. The number of thiazole rings is 1. The second kappa shape index (κ2) is 7.81. The maximum Gasteiger partial charge on any atom is 0.338 e. The van der Waals surface area contributed by atoms with Gasteiger partial charge in [0, 0.05) is 5.38 Å². The molecule has 0 aliphatic carbocycles. The fraction of sp³-hybridized carbons (Fsp3) is 0.158. The van der Waals surface area contributed by atoms with Crippen molar-refractivity contribution in [3.63, 3.8) is 0 Å². The lowest BCUT2D eigenvalue weighted by atomic mass is 10.2. The molecule has 0 saturated carbocycles. The fourth-order valence-electron chi connectivity index (χ4n) is 2.35. The first-order valence-electron chi connectivity index (χ1n) is 7.61. The number of hydrogen-bond donors (Lipinski definition) is 0. The summed E-state index contributed by atoms with van der Waals surface area (Å²) in [7, 11) is 3.19. The third kappa shape index (κ3) is 3.80. The van der Waals surface area contributed by atoms with Gasteiger partial charge in [-0.3, -0.25) is 0 Å². The van der Waals surface area contributed by atoms with Crippen LogP contribution in [0.25, 0.3) is 10.6 Å². The third-order valence-electron chi connectivity index (χ3n) is 3.55. The molecule has 0 amide bonds. The number of benzene rings is 2. The molecule has 0 N–H and O–H groups in total. The molecule has 6 heteroatoms. The SMILES string of the molecule is COc1cccc(-c2nc(COC(=O)c3ccccc3)cs2)c1OC. The van der Waals surface area contributed by atoms with Crippen molar-refractivity contribution in [2.45, 2.75) is 6.61 Å². The molecule has 0 saturated heterocycles. The van der Waals surface area contributed by atoms with Crippen molar-refractivity contribution < 1.29 is 19.0 Å². The van der Waals surface area contributed by atoms with E-state index in [0.717, 1.165) is 10.6 Å². The molecule has 0 fully saturated rings. The van der Waals surface area contributed by atoms with E-state index in [1.807, 2.05) is 29.6 Å². The Balaban J connectivity index is 1.74. The van der Waals surface area contributed by atoms with Crippen LogP contribution in [0.1, 0.15) is 16.1 Å². The summed E-state index contributed by atoms with van der Waals surface area (Å²) in [6.07, 6.45) is 0. The van der Waals surface area contributed by atoms with Gasteiger partial charge in [0.2, 0.25) is 0 Å². The zero-order valence-electron chi connectivity index (χ0n) is 13.9. The van der Waals surface area contributed by atoms with Crippen LogP contribution in [0.5, 0.6) is 11.5 Å². The van der Waals surface area contributed by atoms with Crippen molar-refractivity contribution in [3.8, 4) is 22.1 Å². The van der Waals surface area contributed by atoms with Crippen LogP contribution in [0.15, 0.2) is 53.9 Å². The first-order chi connectivity index (χ1) is 12.2. The Labute approximate surface area is 149 Å². The highest BCUT2D eigenvalue weighted by Gasteiger charge is 2.15. The van der Waals surface area contributed by atoms with Gasteiger partial charge in [-0.05, 0) is 24.3 Å². The number of esters is 1. The zero-order chi connectivity index (χ0) is 17.6. The summed E-state index contributed by atoms with van der Waals surface area (Å²) in [6.45, 7) is 0.122. The lowest BCUT2D eigenvalue weighted by molar-refractivity contribution is 0.0468. The van der Waals surface area contributed by atoms with E-state index in [-0.39, 0.29) is 12.6 Å². The lowest BCUT2D eigenvalue weighted by Gasteiger charge is -2.10. The first-order valence-corrected chi connectivity index (χ1v) is 8.49. The molecule has 3 aromatic rings. The summed E-state index contributed by atoms with van der Waals surface area (Å²) >= 11 is 1.46. The van der Waals surface area contributed by atoms with Crippen LogP contribution < -0.4 is 9.47 Å². The van der Waals surface area contributed by atoms with E-state index in [1.165, 1.54) is 11.3 Å². The average molecular weight is 355 g/mol. The minimum absolute atomic E-state index is 0.122. The van der Waals surface area contributed by atoms with E-state index >= 15 is 0 Å². The Bertz CT molecular complexity index is 861. The maximum absolute atomic E-state index is 12.0. The monoisotopic (exact) mass is 355 g/mol. The van der Waals surface area contributed by atoms with Crippen LogP contribution in [0.3, 0.4) is 0 Å². The van der Waals surface area contributed by atoms with Crippen molar-refractivity contribution >= 4 is 17.3 Å². The second-order valence-corrected chi connectivity index (χ2v) is 5.99.